The molecule has 2 aliphatic rings. The third kappa shape index (κ3) is 3.88. The number of carbonyl (C=O) groups excluding carboxylic acids is 1. The van der Waals surface area contributed by atoms with Crippen molar-refractivity contribution >= 4 is 16.1 Å². The number of carbonyl (C=O) groups is 1. The van der Waals surface area contributed by atoms with Crippen LogP contribution in [0.5, 0.6) is 0 Å². The predicted molar refractivity (Wildman–Crippen MR) is 94.2 cm³/mol. The van der Waals surface area contributed by atoms with Gasteiger partial charge >= 0.3 is 0 Å². The Labute approximate surface area is 149 Å². The quantitative estimate of drug-likeness (QED) is 0.768. The van der Waals surface area contributed by atoms with E-state index in [1.165, 1.54) is 4.31 Å². The molecule has 0 N–H and O–H groups in total. The Morgan fingerprint density at radius 1 is 1.00 bits per heavy atom. The maximum Gasteiger partial charge on any atom is 0.282 e. The van der Waals surface area contributed by atoms with Crippen molar-refractivity contribution < 1.29 is 13.2 Å². The minimum absolute atomic E-state index is 0.0147. The molecule has 2 aliphatic heterocycles. The maximum absolute atomic E-state index is 12.7. The van der Waals surface area contributed by atoms with E-state index >= 15 is 0 Å². The fourth-order valence-electron chi connectivity index (χ4n) is 3.41. The molecule has 0 bridgehead atoms. The molecule has 140 valence electrons. The van der Waals surface area contributed by atoms with Crippen molar-refractivity contribution in [1.29, 1.82) is 0 Å². The summed E-state index contributed by atoms with van der Waals surface area (Å²) in [5.74, 6) is 0.0147. The summed E-state index contributed by atoms with van der Waals surface area (Å²) in [6.07, 6.45) is 4.22. The van der Waals surface area contributed by atoms with E-state index in [2.05, 4.69) is 4.98 Å². The van der Waals surface area contributed by atoms with E-state index in [9.17, 15) is 13.2 Å². The van der Waals surface area contributed by atoms with Crippen LogP contribution < -0.4 is 0 Å². The Balaban J connectivity index is 1.61. The summed E-state index contributed by atoms with van der Waals surface area (Å²) in [7, 11) is -3.38. The van der Waals surface area contributed by atoms with E-state index in [4.69, 9.17) is 0 Å². The highest BCUT2D eigenvalue weighted by Crippen LogP contribution is 2.18. The van der Waals surface area contributed by atoms with Gasteiger partial charge in [-0.1, -0.05) is 0 Å². The first-order valence-electron chi connectivity index (χ1n) is 8.91. The van der Waals surface area contributed by atoms with Crippen LogP contribution in [0.3, 0.4) is 0 Å². The molecule has 8 nitrogen and oxygen atoms in total. The van der Waals surface area contributed by atoms with Crippen molar-refractivity contribution in [3.05, 3.63) is 17.7 Å². The van der Waals surface area contributed by atoms with Crippen LogP contribution in [0.25, 0.3) is 0 Å². The molecule has 2 fully saturated rings. The highest BCUT2D eigenvalue weighted by Gasteiger charge is 2.33. The van der Waals surface area contributed by atoms with Gasteiger partial charge in [-0.25, -0.2) is 4.98 Å². The van der Waals surface area contributed by atoms with Crippen LogP contribution in [0.2, 0.25) is 0 Å². The summed E-state index contributed by atoms with van der Waals surface area (Å²) < 4.78 is 30.3. The Bertz CT molecular complexity index is 724. The van der Waals surface area contributed by atoms with Crippen LogP contribution in [-0.2, 0) is 21.5 Å². The summed E-state index contributed by atoms with van der Waals surface area (Å²) in [5, 5.41) is 0. The molecule has 2 saturated heterocycles. The molecule has 3 rings (SSSR count). The molecule has 25 heavy (non-hydrogen) atoms. The van der Waals surface area contributed by atoms with Crippen molar-refractivity contribution in [1.82, 2.24) is 23.1 Å². The summed E-state index contributed by atoms with van der Waals surface area (Å²) >= 11 is 0. The fourth-order valence-corrected chi connectivity index (χ4v) is 5.12. The van der Waals surface area contributed by atoms with Gasteiger partial charge in [0, 0.05) is 45.0 Å². The Hall–Kier alpha value is -1.45. The Morgan fingerprint density at radius 2 is 1.64 bits per heavy atom. The average molecular weight is 369 g/mol. The monoisotopic (exact) mass is 369 g/mol. The highest BCUT2D eigenvalue weighted by molar-refractivity contribution is 7.86. The van der Waals surface area contributed by atoms with Gasteiger partial charge in [-0.3, -0.25) is 4.79 Å². The van der Waals surface area contributed by atoms with E-state index in [0.717, 1.165) is 24.2 Å². The van der Waals surface area contributed by atoms with E-state index < -0.39 is 10.2 Å². The molecule has 0 radical (unpaired) electrons. The zero-order valence-electron chi connectivity index (χ0n) is 15.0. The molecule has 0 aromatic carbocycles. The summed E-state index contributed by atoms with van der Waals surface area (Å²) in [6.45, 7) is 7.23. The lowest BCUT2D eigenvalue weighted by Gasteiger charge is -2.26. The first-order valence-corrected chi connectivity index (χ1v) is 10.3. The second kappa shape index (κ2) is 7.43. The van der Waals surface area contributed by atoms with E-state index in [1.54, 1.807) is 15.5 Å². The molecule has 0 aliphatic carbocycles. The van der Waals surface area contributed by atoms with Gasteiger partial charge in [0.1, 0.15) is 6.54 Å². The maximum atomic E-state index is 12.7. The molecule has 0 atom stereocenters. The lowest BCUT2D eigenvalue weighted by atomic mass is 10.3. The first kappa shape index (κ1) is 18.3. The molecular formula is C16H27N5O3S. The first-order chi connectivity index (χ1) is 11.9. The fraction of sp³-hybridized carbons (Fsp3) is 0.750. The SMILES string of the molecule is Cc1ncn(CC(=O)N2CCCN(S(=O)(=O)N3CCCC3)CC2)c1C. The second-order valence-electron chi connectivity index (χ2n) is 6.79. The molecule has 1 aromatic heterocycles. The van der Waals surface area contributed by atoms with Gasteiger partial charge in [-0.15, -0.1) is 0 Å². The number of nitrogens with zero attached hydrogens (tertiary/aromatic N) is 5. The molecule has 1 aromatic rings. The third-order valence-corrected chi connectivity index (χ3v) is 7.21. The van der Waals surface area contributed by atoms with Crippen LogP contribution in [0.4, 0.5) is 0 Å². The summed E-state index contributed by atoms with van der Waals surface area (Å²) in [5.41, 5.74) is 1.91. The van der Waals surface area contributed by atoms with E-state index in [1.807, 2.05) is 18.4 Å². The summed E-state index contributed by atoms with van der Waals surface area (Å²) in [4.78, 5) is 18.6. The van der Waals surface area contributed by atoms with Crippen LogP contribution in [0.15, 0.2) is 6.33 Å². The van der Waals surface area contributed by atoms with Crippen LogP contribution in [-0.4, -0.2) is 76.7 Å². The molecule has 0 spiro atoms. The van der Waals surface area contributed by atoms with Crippen molar-refractivity contribution in [2.75, 3.05) is 39.3 Å². The zero-order valence-corrected chi connectivity index (χ0v) is 15.8. The number of amides is 1. The second-order valence-corrected chi connectivity index (χ2v) is 8.72. The molecule has 1 amide bonds. The van der Waals surface area contributed by atoms with Crippen LogP contribution >= 0.6 is 0 Å². The zero-order chi connectivity index (χ0) is 18.0. The Morgan fingerprint density at radius 3 is 2.28 bits per heavy atom. The summed E-state index contributed by atoms with van der Waals surface area (Å²) in [6, 6.07) is 0. The van der Waals surface area contributed by atoms with Crippen molar-refractivity contribution in [3.63, 3.8) is 0 Å². The predicted octanol–water partition coefficient (Wildman–Crippen LogP) is 0.375. The third-order valence-electron chi connectivity index (χ3n) is 5.18. The van der Waals surface area contributed by atoms with Gasteiger partial charge in [0.25, 0.3) is 10.2 Å². The molecule has 0 saturated carbocycles. The molecule has 9 heteroatoms. The van der Waals surface area contributed by atoms with Gasteiger partial charge < -0.3 is 9.47 Å². The highest BCUT2D eigenvalue weighted by atomic mass is 32.2. The smallest absolute Gasteiger partial charge is 0.282 e. The molecular weight excluding hydrogens is 342 g/mol. The number of hydrogen-bond donors (Lipinski definition) is 0. The van der Waals surface area contributed by atoms with Crippen LogP contribution in [0, 0.1) is 13.8 Å². The number of aryl methyl sites for hydroxylation is 1. The number of imidazole rings is 1. The lowest BCUT2D eigenvalue weighted by Crippen LogP contribution is -2.44. The van der Waals surface area contributed by atoms with Gasteiger partial charge in [0.15, 0.2) is 0 Å². The van der Waals surface area contributed by atoms with Crippen molar-refractivity contribution in [3.8, 4) is 0 Å². The normalized spacial score (nSPS) is 20.8. The standard InChI is InChI=1S/C16H27N5O3S/c1-14-15(2)19(13-17-14)12-16(22)18-6-5-9-21(11-10-18)25(23,24)20-7-3-4-8-20/h13H,3-12H2,1-2H3. The largest absolute Gasteiger partial charge is 0.340 e. The molecule has 0 unspecified atom stereocenters. The van der Waals surface area contributed by atoms with E-state index in [-0.39, 0.29) is 12.5 Å². The van der Waals surface area contributed by atoms with E-state index in [0.29, 0.717) is 45.7 Å². The topological polar surface area (TPSA) is 78.8 Å². The number of aromatic nitrogens is 2. The van der Waals surface area contributed by atoms with Gasteiger partial charge in [-0.05, 0) is 33.1 Å². The molecule has 3 heterocycles. The van der Waals surface area contributed by atoms with Gasteiger partial charge in [0.05, 0.1) is 12.0 Å². The van der Waals surface area contributed by atoms with Gasteiger partial charge in [0.2, 0.25) is 5.91 Å². The Kier molecular flexibility index (Phi) is 5.45. The van der Waals surface area contributed by atoms with Gasteiger partial charge in [-0.2, -0.15) is 17.0 Å². The van der Waals surface area contributed by atoms with Crippen LogP contribution in [0.1, 0.15) is 30.7 Å². The number of hydrogen-bond acceptors (Lipinski definition) is 4. The average Bonchev–Trinajstić information content (AvgIpc) is 3.14. The minimum Gasteiger partial charge on any atom is -0.340 e. The minimum atomic E-state index is -3.38. The lowest BCUT2D eigenvalue weighted by molar-refractivity contribution is -0.131. The number of rotatable bonds is 4. The van der Waals surface area contributed by atoms with Crippen molar-refractivity contribution in [2.45, 2.75) is 39.7 Å². The van der Waals surface area contributed by atoms with Crippen molar-refractivity contribution in [2.24, 2.45) is 0 Å².